The topological polar surface area (TPSA) is 178 Å². The predicted octanol–water partition coefficient (Wildman–Crippen LogP) is 4.64. The first kappa shape index (κ1) is 46.9. The van der Waals surface area contributed by atoms with Crippen molar-refractivity contribution in [1.82, 2.24) is 4.90 Å². The summed E-state index contributed by atoms with van der Waals surface area (Å²) in [4.78, 5) is 57.8. The van der Waals surface area contributed by atoms with Crippen LogP contribution in [-0.2, 0) is 42.9 Å². The number of carbonyl (C=O) groups is 4. The number of hydrogen-bond donors (Lipinski definition) is 3. The molecule has 4 aliphatic rings. The largest absolute Gasteiger partial charge is 0.456 e. The van der Waals surface area contributed by atoms with Crippen molar-refractivity contribution in [2.75, 3.05) is 27.9 Å². The number of esters is 1. The van der Waals surface area contributed by atoms with Crippen LogP contribution in [0.5, 0.6) is 0 Å². The Balaban J connectivity index is 1.78. The molecule has 0 aromatic carbocycles. The van der Waals surface area contributed by atoms with Crippen LogP contribution >= 0.6 is 0 Å². The van der Waals surface area contributed by atoms with E-state index in [9.17, 15) is 34.5 Å². The third-order valence-corrected chi connectivity index (χ3v) is 12.9. The Morgan fingerprint density at radius 1 is 0.930 bits per heavy atom. The molecule has 1 amide bonds. The lowest BCUT2D eigenvalue weighted by Crippen LogP contribution is -2.64. The Morgan fingerprint density at radius 2 is 1.60 bits per heavy atom. The Hall–Kier alpha value is -2.78. The van der Waals surface area contributed by atoms with E-state index in [0.717, 1.165) is 5.57 Å². The fourth-order valence-corrected chi connectivity index (χ4v) is 9.42. The van der Waals surface area contributed by atoms with Crippen LogP contribution in [0.3, 0.4) is 0 Å². The average Bonchev–Trinajstić information content (AvgIpc) is 3.18. The van der Waals surface area contributed by atoms with Crippen molar-refractivity contribution in [2.45, 2.75) is 160 Å². The van der Waals surface area contributed by atoms with Crippen LogP contribution in [0.25, 0.3) is 0 Å². The SMILES string of the molecule is C=CCC1/C=C(\C)C[C@H](C)C[C@H](OC)[C@H]2O[C@@](O)(C(=O)C(=O)N3CCCCC3C(=O)O[C@H](/C(C)=C/[C@@H]3CC[C@@H](O)[C@H](OC)C3)[C@H](C)[C@@H](O)CC1=O)[C@H](C)C[C@@H]2OC. The van der Waals surface area contributed by atoms with Crippen LogP contribution < -0.4 is 0 Å². The summed E-state index contributed by atoms with van der Waals surface area (Å²) in [5.41, 5.74) is 1.61. The van der Waals surface area contributed by atoms with Crippen LogP contribution in [0.1, 0.15) is 105 Å². The molecule has 13 heteroatoms. The number of nitrogens with zero attached hydrogens (tertiary/aromatic N) is 1. The zero-order chi connectivity index (χ0) is 42.2. The number of aliphatic hydroxyl groups is 3. The normalized spacial score (nSPS) is 41.0. The highest BCUT2D eigenvalue weighted by atomic mass is 16.7. The number of allylic oxidation sites excluding steroid dienone is 4. The molecule has 4 rings (SSSR count). The molecule has 0 spiro atoms. The van der Waals surface area contributed by atoms with Crippen molar-refractivity contribution in [3.8, 4) is 0 Å². The smallest absolute Gasteiger partial charge is 0.329 e. The van der Waals surface area contributed by atoms with E-state index in [-0.39, 0.29) is 49.5 Å². The van der Waals surface area contributed by atoms with Gasteiger partial charge >= 0.3 is 5.97 Å². The molecule has 14 atom stereocenters. The minimum atomic E-state index is -2.51. The first-order chi connectivity index (χ1) is 27.0. The summed E-state index contributed by atoms with van der Waals surface area (Å²) in [6.07, 6.45) is 4.93. The molecule has 3 fully saturated rings. The summed E-state index contributed by atoms with van der Waals surface area (Å²) in [5.74, 6) is -7.76. The molecule has 2 bridgehead atoms. The standard InChI is InChI=1S/C44H69NO12/c1-10-13-31-19-25(2)18-26(3)20-37(54-8)40-38(55-9)22-28(5)44(52,57-40)41(49)42(50)45-17-12-11-14-32(45)43(51)56-39(29(6)34(47)24-35(31)48)27(4)21-30-15-16-33(46)36(23-30)53-7/h10,19,21,26,28-34,36-40,46-47,52H,1,11-18,20,22-24H2,2-9H3/b25-19+,27-21+/t26-,28+,29+,30-,31?,32?,33+,34-,36+,37-,38-,39+,40+,44+/m0/s1. The lowest BCUT2D eigenvalue weighted by molar-refractivity contribution is -0.302. The van der Waals surface area contributed by atoms with E-state index in [1.54, 1.807) is 27.0 Å². The number of methoxy groups -OCH3 is 3. The number of carbonyl (C=O) groups excluding carboxylic acids is 4. The molecule has 2 saturated heterocycles. The molecule has 0 aromatic heterocycles. The lowest BCUT2D eigenvalue weighted by Gasteiger charge is -2.47. The Bertz CT molecular complexity index is 1480. The van der Waals surface area contributed by atoms with Gasteiger partial charge in [-0.15, -0.1) is 6.58 Å². The monoisotopic (exact) mass is 803 g/mol. The van der Waals surface area contributed by atoms with Crippen LogP contribution in [0.15, 0.2) is 36.0 Å². The molecule has 3 N–H and O–H groups in total. The van der Waals surface area contributed by atoms with Gasteiger partial charge in [0, 0.05) is 52.0 Å². The minimum absolute atomic E-state index is 0.00988. The number of aliphatic hydroxyl groups excluding tert-OH is 2. The van der Waals surface area contributed by atoms with Crippen LogP contribution in [0.4, 0.5) is 0 Å². The number of piperidine rings is 1. The van der Waals surface area contributed by atoms with E-state index >= 15 is 0 Å². The third-order valence-electron chi connectivity index (χ3n) is 12.9. The van der Waals surface area contributed by atoms with E-state index in [4.69, 9.17) is 23.7 Å². The summed E-state index contributed by atoms with van der Waals surface area (Å²) in [6, 6.07) is -1.14. The van der Waals surface area contributed by atoms with Gasteiger partial charge in [0.2, 0.25) is 5.79 Å². The Kier molecular flexibility index (Phi) is 17.2. The quantitative estimate of drug-likeness (QED) is 0.185. The summed E-state index contributed by atoms with van der Waals surface area (Å²) < 4.78 is 29.7. The van der Waals surface area contributed by atoms with Gasteiger partial charge in [-0.05, 0) is 95.5 Å². The van der Waals surface area contributed by atoms with Crippen LogP contribution in [0, 0.1) is 29.6 Å². The van der Waals surface area contributed by atoms with E-state index in [1.165, 1.54) is 19.1 Å². The van der Waals surface area contributed by atoms with Crippen LogP contribution in [0.2, 0.25) is 0 Å². The van der Waals surface area contributed by atoms with Gasteiger partial charge in [0.15, 0.2) is 0 Å². The number of cyclic esters (lactones) is 1. The number of rotatable bonds is 7. The molecule has 322 valence electrons. The maximum Gasteiger partial charge on any atom is 0.329 e. The van der Waals surface area contributed by atoms with Crippen molar-refractivity contribution < 1.29 is 58.2 Å². The summed E-state index contributed by atoms with van der Waals surface area (Å²) in [7, 11) is 4.61. The van der Waals surface area contributed by atoms with Gasteiger partial charge in [-0.1, -0.05) is 44.6 Å². The zero-order valence-corrected chi connectivity index (χ0v) is 35.4. The van der Waals surface area contributed by atoms with Gasteiger partial charge in [0.05, 0.1) is 30.5 Å². The Morgan fingerprint density at radius 3 is 2.25 bits per heavy atom. The Labute approximate surface area is 339 Å². The number of ketones is 2. The second-order valence-corrected chi connectivity index (χ2v) is 17.3. The van der Waals surface area contributed by atoms with E-state index in [2.05, 4.69) is 6.58 Å². The average molecular weight is 804 g/mol. The van der Waals surface area contributed by atoms with Crippen molar-refractivity contribution in [3.05, 3.63) is 36.0 Å². The highest BCUT2D eigenvalue weighted by Gasteiger charge is 2.56. The van der Waals surface area contributed by atoms with Gasteiger partial charge in [0.1, 0.15) is 24.0 Å². The van der Waals surface area contributed by atoms with Crippen molar-refractivity contribution in [2.24, 2.45) is 29.6 Å². The van der Waals surface area contributed by atoms with Gasteiger partial charge in [-0.3, -0.25) is 14.4 Å². The zero-order valence-electron chi connectivity index (χ0n) is 35.4. The van der Waals surface area contributed by atoms with Gasteiger partial charge in [-0.2, -0.15) is 0 Å². The molecule has 3 aliphatic heterocycles. The predicted molar refractivity (Wildman–Crippen MR) is 213 cm³/mol. The number of amides is 1. The molecular formula is C44H69NO12. The molecule has 57 heavy (non-hydrogen) atoms. The summed E-state index contributed by atoms with van der Waals surface area (Å²) in [5, 5.41) is 34.1. The number of hydrogen-bond acceptors (Lipinski definition) is 12. The molecule has 2 unspecified atom stereocenters. The minimum Gasteiger partial charge on any atom is -0.456 e. The van der Waals surface area contributed by atoms with E-state index < -0.39 is 83.9 Å². The molecule has 1 saturated carbocycles. The van der Waals surface area contributed by atoms with Gasteiger partial charge in [0.25, 0.3) is 11.7 Å². The number of ether oxygens (including phenoxy) is 5. The third kappa shape index (κ3) is 11.3. The number of Topliss-reactive ketones (excluding diaryl/α,β-unsaturated/α-hetero) is 2. The molecule has 3 heterocycles. The molecule has 0 radical (unpaired) electrons. The molecule has 0 aromatic rings. The molecular weight excluding hydrogens is 734 g/mol. The number of fused-ring (bicyclic) bond motifs is 3. The van der Waals surface area contributed by atoms with Crippen molar-refractivity contribution >= 4 is 23.4 Å². The molecule has 13 nitrogen and oxygen atoms in total. The van der Waals surface area contributed by atoms with E-state index in [1.807, 2.05) is 32.9 Å². The summed E-state index contributed by atoms with van der Waals surface area (Å²) in [6.45, 7) is 13.1. The first-order valence-electron chi connectivity index (χ1n) is 20.9. The second kappa shape index (κ2) is 21.0. The second-order valence-electron chi connectivity index (χ2n) is 17.3. The van der Waals surface area contributed by atoms with Crippen molar-refractivity contribution in [3.63, 3.8) is 0 Å². The maximum atomic E-state index is 14.3. The maximum absolute atomic E-state index is 14.3. The van der Waals surface area contributed by atoms with Crippen molar-refractivity contribution in [1.29, 1.82) is 0 Å². The van der Waals surface area contributed by atoms with Crippen LogP contribution in [-0.4, -0.2) is 126 Å². The fourth-order valence-electron chi connectivity index (χ4n) is 9.42. The lowest BCUT2D eigenvalue weighted by atomic mass is 9.81. The first-order valence-corrected chi connectivity index (χ1v) is 20.9. The molecule has 1 aliphatic carbocycles. The highest BCUT2D eigenvalue weighted by molar-refractivity contribution is 6.39. The van der Waals surface area contributed by atoms with Gasteiger partial charge in [-0.25, -0.2) is 4.79 Å². The van der Waals surface area contributed by atoms with E-state index in [0.29, 0.717) is 56.9 Å². The van der Waals surface area contributed by atoms with Gasteiger partial charge < -0.3 is 43.9 Å². The summed E-state index contributed by atoms with van der Waals surface area (Å²) >= 11 is 0. The fraction of sp³-hybridized carbons (Fsp3) is 0.773. The highest BCUT2D eigenvalue weighted by Crippen LogP contribution is 2.39.